The van der Waals surface area contributed by atoms with Crippen molar-refractivity contribution in [1.29, 1.82) is 0 Å². The molecule has 0 unspecified atom stereocenters. The van der Waals surface area contributed by atoms with Gasteiger partial charge in [-0.2, -0.15) is 0 Å². The van der Waals surface area contributed by atoms with E-state index in [0.717, 1.165) is 48.2 Å². The van der Waals surface area contributed by atoms with Crippen LogP contribution in [0.15, 0.2) is 42.5 Å². The van der Waals surface area contributed by atoms with E-state index in [9.17, 15) is 9.18 Å². The number of aromatic nitrogens is 2. The number of benzene rings is 2. The summed E-state index contributed by atoms with van der Waals surface area (Å²) in [6, 6.07) is 12.0. The topological polar surface area (TPSA) is 58.1 Å². The molecule has 0 spiro atoms. The van der Waals surface area contributed by atoms with Crippen LogP contribution in [0, 0.1) is 5.82 Å². The second kappa shape index (κ2) is 9.64. The Morgan fingerprint density at radius 2 is 1.79 bits per heavy atom. The number of carbonyl (C=O) groups is 1. The summed E-state index contributed by atoms with van der Waals surface area (Å²) < 4.78 is 13.2. The van der Waals surface area contributed by atoms with E-state index < -0.39 is 0 Å². The fourth-order valence-corrected chi connectivity index (χ4v) is 4.85. The molecule has 172 valence electrons. The summed E-state index contributed by atoms with van der Waals surface area (Å²) in [5, 5.41) is 4.52. The van der Waals surface area contributed by atoms with Crippen molar-refractivity contribution < 1.29 is 9.18 Å². The zero-order valence-corrected chi connectivity index (χ0v) is 19.3. The normalized spacial score (nSPS) is 16.7. The van der Waals surface area contributed by atoms with Gasteiger partial charge in [0.2, 0.25) is 5.91 Å². The molecule has 2 saturated carbocycles. The van der Waals surface area contributed by atoms with Crippen molar-refractivity contribution >= 4 is 39.9 Å². The van der Waals surface area contributed by atoms with Crippen LogP contribution < -0.4 is 10.2 Å². The van der Waals surface area contributed by atoms with Gasteiger partial charge in [0.05, 0.1) is 5.52 Å². The predicted molar refractivity (Wildman–Crippen MR) is 130 cm³/mol. The van der Waals surface area contributed by atoms with E-state index in [0.29, 0.717) is 35.6 Å². The second-order valence-electron chi connectivity index (χ2n) is 9.13. The van der Waals surface area contributed by atoms with Crippen molar-refractivity contribution in [3.8, 4) is 0 Å². The number of hydrogen-bond acceptors (Lipinski definition) is 4. The Balaban J connectivity index is 1.43. The third-order valence-electron chi connectivity index (χ3n) is 6.59. The summed E-state index contributed by atoms with van der Waals surface area (Å²) in [7, 11) is 0. The highest BCUT2D eigenvalue weighted by molar-refractivity contribution is 6.31. The van der Waals surface area contributed by atoms with Crippen molar-refractivity contribution in [2.24, 2.45) is 0 Å². The van der Waals surface area contributed by atoms with Crippen LogP contribution in [0.4, 0.5) is 15.9 Å². The quantitative estimate of drug-likeness (QED) is 0.433. The van der Waals surface area contributed by atoms with Gasteiger partial charge in [0.1, 0.15) is 17.5 Å². The summed E-state index contributed by atoms with van der Waals surface area (Å²) in [5.74, 6) is 1.81. The molecule has 0 atom stereocenters. The standard InChI is InChI=1S/C26H28ClFN4O/c27-18-8-13-22-23(16-18)30-25(17-6-7-17)31-26(22)32(21-4-2-1-3-5-21)15-14-24(33)29-20-11-9-19(28)10-12-20/h8-13,16-17,21H,1-7,14-15H2,(H,29,33). The zero-order valence-electron chi connectivity index (χ0n) is 18.6. The molecule has 1 aromatic heterocycles. The lowest BCUT2D eigenvalue weighted by Gasteiger charge is -2.36. The summed E-state index contributed by atoms with van der Waals surface area (Å²) in [5.41, 5.74) is 1.47. The molecule has 33 heavy (non-hydrogen) atoms. The number of nitrogens with one attached hydrogen (secondary N) is 1. The third-order valence-corrected chi connectivity index (χ3v) is 6.83. The lowest BCUT2D eigenvalue weighted by atomic mass is 9.93. The van der Waals surface area contributed by atoms with Gasteiger partial charge in [-0.3, -0.25) is 4.79 Å². The van der Waals surface area contributed by atoms with Gasteiger partial charge in [-0.15, -0.1) is 0 Å². The molecule has 1 amide bonds. The molecule has 2 aliphatic rings. The van der Waals surface area contributed by atoms with Crippen LogP contribution in [0.3, 0.4) is 0 Å². The van der Waals surface area contributed by atoms with Gasteiger partial charge in [-0.05, 0) is 68.1 Å². The van der Waals surface area contributed by atoms with Crippen LogP contribution in [-0.4, -0.2) is 28.5 Å². The molecular formula is C26H28ClFN4O. The Kier molecular flexibility index (Phi) is 6.45. The maximum Gasteiger partial charge on any atom is 0.226 e. The van der Waals surface area contributed by atoms with Crippen LogP contribution in [0.25, 0.3) is 10.9 Å². The fraction of sp³-hybridized carbons (Fsp3) is 0.423. The molecule has 1 N–H and O–H groups in total. The number of hydrogen-bond donors (Lipinski definition) is 1. The summed E-state index contributed by atoms with van der Waals surface area (Å²) in [6.07, 6.45) is 8.38. The van der Waals surface area contributed by atoms with E-state index in [4.69, 9.17) is 21.6 Å². The number of halogens is 2. The minimum absolute atomic E-state index is 0.0914. The van der Waals surface area contributed by atoms with Crippen molar-refractivity contribution in [2.45, 2.75) is 63.3 Å². The van der Waals surface area contributed by atoms with Crippen molar-refractivity contribution in [2.75, 3.05) is 16.8 Å². The van der Waals surface area contributed by atoms with E-state index in [1.54, 1.807) is 12.1 Å². The van der Waals surface area contributed by atoms with Gasteiger partial charge in [-0.1, -0.05) is 30.9 Å². The Labute approximate surface area is 198 Å². The van der Waals surface area contributed by atoms with E-state index in [1.165, 1.54) is 31.4 Å². The number of carbonyl (C=O) groups excluding carboxylic acids is 1. The highest BCUT2D eigenvalue weighted by atomic mass is 35.5. The SMILES string of the molecule is O=C(CCN(c1nc(C2CC2)nc2cc(Cl)ccc12)C1CCCCC1)Nc1ccc(F)cc1. The number of anilines is 2. The summed E-state index contributed by atoms with van der Waals surface area (Å²) in [6.45, 7) is 0.566. The monoisotopic (exact) mass is 466 g/mol. The van der Waals surface area contributed by atoms with Gasteiger partial charge < -0.3 is 10.2 Å². The number of fused-ring (bicyclic) bond motifs is 1. The Morgan fingerprint density at radius 1 is 1.03 bits per heavy atom. The molecule has 0 saturated heterocycles. The summed E-state index contributed by atoms with van der Waals surface area (Å²) in [4.78, 5) is 24.9. The molecule has 5 nitrogen and oxygen atoms in total. The van der Waals surface area contributed by atoms with Gasteiger partial charge in [-0.25, -0.2) is 14.4 Å². The smallest absolute Gasteiger partial charge is 0.226 e. The van der Waals surface area contributed by atoms with E-state index in [1.807, 2.05) is 18.2 Å². The van der Waals surface area contributed by atoms with Gasteiger partial charge in [0, 0.05) is 41.0 Å². The lowest BCUT2D eigenvalue weighted by molar-refractivity contribution is -0.116. The van der Waals surface area contributed by atoms with Gasteiger partial charge in [0.15, 0.2) is 0 Å². The molecule has 0 bridgehead atoms. The molecule has 2 aliphatic carbocycles. The first-order valence-electron chi connectivity index (χ1n) is 11.9. The Bertz CT molecular complexity index is 1140. The number of rotatable bonds is 7. The average molecular weight is 467 g/mol. The molecule has 7 heteroatoms. The highest BCUT2D eigenvalue weighted by Gasteiger charge is 2.30. The third kappa shape index (κ3) is 5.27. The first-order chi connectivity index (χ1) is 16.1. The van der Waals surface area contributed by atoms with Crippen LogP contribution >= 0.6 is 11.6 Å². The fourth-order valence-electron chi connectivity index (χ4n) is 4.68. The maximum atomic E-state index is 13.2. The lowest BCUT2D eigenvalue weighted by Crippen LogP contribution is -2.39. The van der Waals surface area contributed by atoms with E-state index in [2.05, 4.69) is 10.2 Å². The highest BCUT2D eigenvalue weighted by Crippen LogP contribution is 2.41. The van der Waals surface area contributed by atoms with Gasteiger partial charge in [0.25, 0.3) is 0 Å². The largest absolute Gasteiger partial charge is 0.352 e. The number of amides is 1. The van der Waals surface area contributed by atoms with Gasteiger partial charge >= 0.3 is 0 Å². The minimum Gasteiger partial charge on any atom is -0.352 e. The molecular weight excluding hydrogens is 439 g/mol. The zero-order chi connectivity index (χ0) is 22.8. The van der Waals surface area contributed by atoms with Crippen molar-refractivity contribution in [3.05, 3.63) is 59.1 Å². The molecule has 2 fully saturated rings. The molecule has 1 heterocycles. The van der Waals surface area contributed by atoms with Crippen molar-refractivity contribution in [1.82, 2.24) is 9.97 Å². The second-order valence-corrected chi connectivity index (χ2v) is 9.57. The molecule has 2 aromatic carbocycles. The minimum atomic E-state index is -0.321. The Hall–Kier alpha value is -2.73. The van der Waals surface area contributed by atoms with Crippen molar-refractivity contribution in [3.63, 3.8) is 0 Å². The number of nitrogens with zero attached hydrogens (tertiary/aromatic N) is 3. The maximum absolute atomic E-state index is 13.2. The molecule has 5 rings (SSSR count). The van der Waals surface area contributed by atoms with E-state index in [-0.39, 0.29) is 11.7 Å². The van der Waals surface area contributed by atoms with Crippen LogP contribution in [0.5, 0.6) is 0 Å². The molecule has 0 aliphatic heterocycles. The van der Waals surface area contributed by atoms with E-state index >= 15 is 0 Å². The Morgan fingerprint density at radius 3 is 2.52 bits per heavy atom. The average Bonchev–Trinajstić information content (AvgIpc) is 3.66. The molecule has 0 radical (unpaired) electrons. The van der Waals surface area contributed by atoms with Crippen LogP contribution in [0.2, 0.25) is 5.02 Å². The molecule has 3 aromatic rings. The van der Waals surface area contributed by atoms with Crippen LogP contribution in [0.1, 0.15) is 63.1 Å². The predicted octanol–water partition coefficient (Wildman–Crippen LogP) is 6.47. The first kappa shape index (κ1) is 22.1. The summed E-state index contributed by atoms with van der Waals surface area (Å²) >= 11 is 6.29. The van der Waals surface area contributed by atoms with Crippen LogP contribution in [-0.2, 0) is 4.79 Å². The first-order valence-corrected chi connectivity index (χ1v) is 12.2.